The van der Waals surface area contributed by atoms with Crippen molar-refractivity contribution in [3.05, 3.63) is 28.3 Å². The van der Waals surface area contributed by atoms with E-state index in [1.165, 1.54) is 12.1 Å². The van der Waals surface area contributed by atoms with Crippen LogP contribution in [-0.4, -0.2) is 15.2 Å². The summed E-state index contributed by atoms with van der Waals surface area (Å²) in [6.07, 6.45) is 0. The van der Waals surface area contributed by atoms with Gasteiger partial charge in [0.25, 0.3) is 0 Å². The predicted octanol–water partition coefficient (Wildman–Crippen LogP) is 1.80. The Morgan fingerprint density at radius 2 is 2.25 bits per heavy atom. The van der Waals surface area contributed by atoms with Gasteiger partial charge in [-0.25, -0.2) is 4.39 Å². The predicted molar refractivity (Wildman–Crippen MR) is 56.9 cm³/mol. The number of aromatic nitrogens is 2. The summed E-state index contributed by atoms with van der Waals surface area (Å²) < 4.78 is 18.6. The number of aromatic hydroxyl groups is 1. The van der Waals surface area contributed by atoms with Gasteiger partial charge in [0.2, 0.25) is 11.7 Å². The molecule has 3 N–H and O–H groups in total. The summed E-state index contributed by atoms with van der Waals surface area (Å²) in [7, 11) is 0. The average molecular weight is 288 g/mol. The number of nitrogens with two attached hydrogens (primary N) is 1. The van der Waals surface area contributed by atoms with Crippen LogP contribution in [0.15, 0.2) is 21.1 Å². The van der Waals surface area contributed by atoms with Crippen molar-refractivity contribution in [3.63, 3.8) is 0 Å². The number of benzene rings is 1. The van der Waals surface area contributed by atoms with Gasteiger partial charge in [-0.2, -0.15) is 4.98 Å². The van der Waals surface area contributed by atoms with Crippen LogP contribution in [0.25, 0.3) is 11.4 Å². The molecule has 0 spiro atoms. The summed E-state index contributed by atoms with van der Waals surface area (Å²) in [5.74, 6) is -0.764. The van der Waals surface area contributed by atoms with Gasteiger partial charge in [0.05, 0.1) is 11.0 Å². The minimum Gasteiger partial charge on any atom is -0.506 e. The van der Waals surface area contributed by atoms with Crippen LogP contribution in [0.1, 0.15) is 5.89 Å². The van der Waals surface area contributed by atoms with E-state index in [0.717, 1.165) is 0 Å². The van der Waals surface area contributed by atoms with E-state index in [1.807, 2.05) is 0 Å². The van der Waals surface area contributed by atoms with E-state index in [2.05, 4.69) is 26.1 Å². The van der Waals surface area contributed by atoms with Crippen LogP contribution in [0.3, 0.4) is 0 Å². The molecule has 0 saturated heterocycles. The molecule has 0 bridgehead atoms. The summed E-state index contributed by atoms with van der Waals surface area (Å²) in [5.41, 5.74) is 5.17. The number of nitrogens with zero attached hydrogens (tertiary/aromatic N) is 2. The molecule has 84 valence electrons. The molecule has 0 saturated carbocycles. The van der Waals surface area contributed by atoms with Crippen LogP contribution in [0.5, 0.6) is 5.75 Å². The third-order valence-corrected chi connectivity index (χ3v) is 2.58. The topological polar surface area (TPSA) is 85.2 Å². The Balaban J connectivity index is 2.58. The highest BCUT2D eigenvalue weighted by Gasteiger charge is 2.18. The molecule has 2 rings (SSSR count). The van der Waals surface area contributed by atoms with Crippen molar-refractivity contribution in [2.45, 2.75) is 6.54 Å². The Labute approximate surface area is 98.2 Å². The fourth-order valence-corrected chi connectivity index (χ4v) is 1.52. The molecule has 0 amide bonds. The first-order chi connectivity index (χ1) is 7.63. The van der Waals surface area contributed by atoms with E-state index in [4.69, 9.17) is 10.3 Å². The third kappa shape index (κ3) is 1.79. The van der Waals surface area contributed by atoms with E-state index in [-0.39, 0.29) is 29.6 Å². The highest BCUT2D eigenvalue weighted by molar-refractivity contribution is 9.10. The van der Waals surface area contributed by atoms with Crippen molar-refractivity contribution in [2.75, 3.05) is 0 Å². The number of halogens is 2. The van der Waals surface area contributed by atoms with Crippen molar-refractivity contribution in [1.82, 2.24) is 10.1 Å². The second-order valence-electron chi connectivity index (χ2n) is 2.97. The number of hydrogen-bond donors (Lipinski definition) is 2. The maximum absolute atomic E-state index is 13.5. The lowest BCUT2D eigenvalue weighted by atomic mass is 10.2. The maximum Gasteiger partial charge on any atom is 0.240 e. The quantitative estimate of drug-likeness (QED) is 0.880. The monoisotopic (exact) mass is 287 g/mol. The molecule has 2 aromatic rings. The number of phenolic OH excluding ortho intramolecular Hbond substituents is 1. The molecule has 16 heavy (non-hydrogen) atoms. The lowest BCUT2D eigenvalue weighted by molar-refractivity contribution is 0.380. The first-order valence-corrected chi connectivity index (χ1v) is 5.12. The molecule has 7 heteroatoms. The van der Waals surface area contributed by atoms with Crippen LogP contribution in [-0.2, 0) is 6.54 Å². The molecule has 1 aromatic heterocycles. The Bertz CT molecular complexity index is 529. The molecule has 0 fully saturated rings. The van der Waals surface area contributed by atoms with Crippen LogP contribution < -0.4 is 5.73 Å². The summed E-state index contributed by atoms with van der Waals surface area (Å²) in [6, 6.07) is 2.58. The SMILES string of the molecule is NCc1nc(-c2c(F)ccc(Br)c2O)no1. The molecular weight excluding hydrogens is 281 g/mol. The third-order valence-electron chi connectivity index (χ3n) is 1.94. The molecule has 0 radical (unpaired) electrons. The summed E-state index contributed by atoms with van der Waals surface area (Å²) in [5, 5.41) is 13.2. The van der Waals surface area contributed by atoms with E-state index >= 15 is 0 Å². The molecule has 0 aliphatic carbocycles. The van der Waals surface area contributed by atoms with Crippen molar-refractivity contribution in [3.8, 4) is 17.1 Å². The number of hydrogen-bond acceptors (Lipinski definition) is 5. The fraction of sp³-hybridized carbons (Fsp3) is 0.111. The normalized spacial score (nSPS) is 10.7. The molecule has 0 atom stereocenters. The van der Waals surface area contributed by atoms with E-state index in [9.17, 15) is 9.50 Å². The zero-order chi connectivity index (χ0) is 11.7. The Kier molecular flexibility index (Phi) is 2.88. The van der Waals surface area contributed by atoms with Gasteiger partial charge in [0, 0.05) is 0 Å². The average Bonchev–Trinajstić information content (AvgIpc) is 2.73. The van der Waals surface area contributed by atoms with E-state index < -0.39 is 5.82 Å². The lowest BCUT2D eigenvalue weighted by Crippen LogP contribution is -1.96. The zero-order valence-electron chi connectivity index (χ0n) is 7.94. The summed E-state index contributed by atoms with van der Waals surface area (Å²) in [4.78, 5) is 3.84. The molecule has 0 unspecified atom stereocenters. The van der Waals surface area contributed by atoms with Crippen LogP contribution >= 0.6 is 15.9 Å². The van der Waals surface area contributed by atoms with Crippen molar-refractivity contribution < 1.29 is 14.0 Å². The van der Waals surface area contributed by atoms with Crippen LogP contribution in [0.2, 0.25) is 0 Å². The zero-order valence-corrected chi connectivity index (χ0v) is 9.53. The van der Waals surface area contributed by atoms with Gasteiger partial charge in [0.15, 0.2) is 0 Å². The minimum absolute atomic E-state index is 0.0308. The summed E-state index contributed by atoms with van der Waals surface area (Å²) in [6.45, 7) is 0.0589. The number of phenols is 1. The van der Waals surface area contributed by atoms with Crippen molar-refractivity contribution in [2.24, 2.45) is 5.73 Å². The second kappa shape index (κ2) is 4.18. The number of rotatable bonds is 2. The fourth-order valence-electron chi connectivity index (χ4n) is 1.19. The molecular formula is C9H7BrFN3O2. The molecule has 0 aliphatic rings. The first kappa shape index (κ1) is 11.0. The van der Waals surface area contributed by atoms with E-state index in [0.29, 0.717) is 4.47 Å². The Morgan fingerprint density at radius 3 is 2.88 bits per heavy atom. The smallest absolute Gasteiger partial charge is 0.240 e. The Hall–Kier alpha value is -1.47. The van der Waals surface area contributed by atoms with Crippen LogP contribution in [0.4, 0.5) is 4.39 Å². The molecule has 1 heterocycles. The molecule has 5 nitrogen and oxygen atoms in total. The van der Waals surface area contributed by atoms with Crippen LogP contribution in [0, 0.1) is 5.82 Å². The minimum atomic E-state index is -0.634. The standard InChI is InChI=1S/C9H7BrFN3O2/c10-4-1-2-5(11)7(8(4)15)9-13-6(3-12)16-14-9/h1-2,15H,3,12H2. The van der Waals surface area contributed by atoms with Crippen molar-refractivity contribution in [1.29, 1.82) is 0 Å². The largest absolute Gasteiger partial charge is 0.506 e. The van der Waals surface area contributed by atoms with Gasteiger partial charge < -0.3 is 15.4 Å². The van der Waals surface area contributed by atoms with Gasteiger partial charge in [-0.15, -0.1) is 0 Å². The second-order valence-corrected chi connectivity index (χ2v) is 3.82. The van der Waals surface area contributed by atoms with Gasteiger partial charge in [-0.3, -0.25) is 0 Å². The summed E-state index contributed by atoms with van der Waals surface area (Å²) >= 11 is 3.07. The van der Waals surface area contributed by atoms with Gasteiger partial charge in [-0.05, 0) is 28.1 Å². The molecule has 0 aliphatic heterocycles. The van der Waals surface area contributed by atoms with Gasteiger partial charge in [-0.1, -0.05) is 5.16 Å². The van der Waals surface area contributed by atoms with Gasteiger partial charge >= 0.3 is 0 Å². The highest BCUT2D eigenvalue weighted by Crippen LogP contribution is 2.35. The molecule has 1 aromatic carbocycles. The van der Waals surface area contributed by atoms with Gasteiger partial charge in [0.1, 0.15) is 17.1 Å². The Morgan fingerprint density at radius 1 is 1.50 bits per heavy atom. The highest BCUT2D eigenvalue weighted by atomic mass is 79.9. The maximum atomic E-state index is 13.5. The lowest BCUT2D eigenvalue weighted by Gasteiger charge is -2.02. The van der Waals surface area contributed by atoms with E-state index in [1.54, 1.807) is 0 Å². The van der Waals surface area contributed by atoms with Crippen molar-refractivity contribution >= 4 is 15.9 Å². The first-order valence-electron chi connectivity index (χ1n) is 4.33.